The number of hydrogen-bond donors (Lipinski definition) is 2. The van der Waals surface area contributed by atoms with Crippen LogP contribution in [0.3, 0.4) is 0 Å². The first kappa shape index (κ1) is 10.8. The smallest absolute Gasteiger partial charge is 0.0456 e. The highest BCUT2D eigenvalue weighted by Crippen LogP contribution is 2.20. The SMILES string of the molecule is c1ccc2c(CCCCNC3CC3)c[nH]c2c1. The molecular weight excluding hydrogens is 208 g/mol. The van der Waals surface area contributed by atoms with Gasteiger partial charge in [0.25, 0.3) is 0 Å². The molecule has 2 nitrogen and oxygen atoms in total. The lowest BCUT2D eigenvalue weighted by Crippen LogP contribution is -2.17. The first-order valence-electron chi connectivity index (χ1n) is 6.72. The van der Waals surface area contributed by atoms with Crippen molar-refractivity contribution in [2.24, 2.45) is 0 Å². The van der Waals surface area contributed by atoms with Gasteiger partial charge < -0.3 is 10.3 Å². The van der Waals surface area contributed by atoms with Crippen molar-refractivity contribution in [3.05, 3.63) is 36.0 Å². The van der Waals surface area contributed by atoms with Crippen molar-refractivity contribution in [3.8, 4) is 0 Å². The predicted octanol–water partition coefficient (Wildman–Crippen LogP) is 3.24. The first-order chi connectivity index (χ1) is 8.43. The molecule has 0 spiro atoms. The molecule has 1 heterocycles. The number of aromatic nitrogens is 1. The first-order valence-corrected chi connectivity index (χ1v) is 6.72. The van der Waals surface area contributed by atoms with E-state index in [9.17, 15) is 0 Å². The third-order valence-corrected chi connectivity index (χ3v) is 3.56. The second-order valence-electron chi connectivity index (χ2n) is 5.05. The number of nitrogens with one attached hydrogen (secondary N) is 2. The lowest BCUT2D eigenvalue weighted by atomic mass is 10.1. The Labute approximate surface area is 102 Å². The Morgan fingerprint density at radius 3 is 2.94 bits per heavy atom. The summed E-state index contributed by atoms with van der Waals surface area (Å²) in [4.78, 5) is 3.34. The number of benzene rings is 1. The molecule has 1 aliphatic carbocycles. The van der Waals surface area contributed by atoms with Gasteiger partial charge in [-0.05, 0) is 50.3 Å². The fraction of sp³-hybridized carbons (Fsp3) is 0.467. The molecule has 1 aromatic carbocycles. The summed E-state index contributed by atoms with van der Waals surface area (Å²) >= 11 is 0. The number of hydrogen-bond acceptors (Lipinski definition) is 1. The van der Waals surface area contributed by atoms with E-state index >= 15 is 0 Å². The van der Waals surface area contributed by atoms with Gasteiger partial charge in [0.2, 0.25) is 0 Å². The molecular formula is C15H20N2. The van der Waals surface area contributed by atoms with Gasteiger partial charge in [-0.2, -0.15) is 0 Å². The molecule has 2 N–H and O–H groups in total. The Hall–Kier alpha value is -1.28. The lowest BCUT2D eigenvalue weighted by Gasteiger charge is -2.02. The zero-order chi connectivity index (χ0) is 11.5. The molecule has 0 saturated heterocycles. The van der Waals surface area contributed by atoms with Gasteiger partial charge in [-0.15, -0.1) is 0 Å². The van der Waals surface area contributed by atoms with Gasteiger partial charge in [-0.3, -0.25) is 0 Å². The van der Waals surface area contributed by atoms with Crippen LogP contribution in [0.2, 0.25) is 0 Å². The maximum Gasteiger partial charge on any atom is 0.0456 e. The molecule has 17 heavy (non-hydrogen) atoms. The van der Waals surface area contributed by atoms with Crippen LogP contribution in [0.25, 0.3) is 10.9 Å². The van der Waals surface area contributed by atoms with E-state index in [1.807, 2.05) is 0 Å². The molecule has 0 amide bonds. The monoisotopic (exact) mass is 228 g/mol. The fourth-order valence-electron chi connectivity index (χ4n) is 2.37. The largest absolute Gasteiger partial charge is 0.361 e. The molecule has 0 bridgehead atoms. The average molecular weight is 228 g/mol. The van der Waals surface area contributed by atoms with Crippen molar-refractivity contribution >= 4 is 10.9 Å². The molecule has 1 aromatic heterocycles. The van der Waals surface area contributed by atoms with Crippen LogP contribution in [-0.2, 0) is 6.42 Å². The summed E-state index contributed by atoms with van der Waals surface area (Å²) < 4.78 is 0. The van der Waals surface area contributed by atoms with Gasteiger partial charge in [-0.1, -0.05) is 18.2 Å². The van der Waals surface area contributed by atoms with Crippen LogP contribution in [-0.4, -0.2) is 17.6 Å². The Morgan fingerprint density at radius 1 is 1.18 bits per heavy atom. The van der Waals surface area contributed by atoms with Gasteiger partial charge >= 0.3 is 0 Å². The molecule has 0 unspecified atom stereocenters. The molecule has 0 radical (unpaired) electrons. The minimum absolute atomic E-state index is 0.850. The maximum atomic E-state index is 3.57. The Morgan fingerprint density at radius 2 is 2.06 bits per heavy atom. The number of para-hydroxylation sites is 1. The minimum Gasteiger partial charge on any atom is -0.361 e. The van der Waals surface area contributed by atoms with Gasteiger partial charge in [0.15, 0.2) is 0 Å². The van der Waals surface area contributed by atoms with Gasteiger partial charge in [0, 0.05) is 23.1 Å². The Kier molecular flexibility index (Phi) is 3.14. The summed E-state index contributed by atoms with van der Waals surface area (Å²) in [6.45, 7) is 1.19. The highest BCUT2D eigenvalue weighted by atomic mass is 14.9. The van der Waals surface area contributed by atoms with Crippen molar-refractivity contribution in [2.45, 2.75) is 38.1 Å². The normalized spacial score (nSPS) is 15.5. The van der Waals surface area contributed by atoms with Crippen LogP contribution in [0.1, 0.15) is 31.2 Å². The number of unbranched alkanes of at least 4 members (excludes halogenated alkanes) is 1. The molecule has 1 fully saturated rings. The van der Waals surface area contributed by atoms with E-state index in [2.05, 4.69) is 40.8 Å². The van der Waals surface area contributed by atoms with Gasteiger partial charge in [-0.25, -0.2) is 0 Å². The third kappa shape index (κ3) is 2.70. The maximum absolute atomic E-state index is 3.57. The molecule has 1 saturated carbocycles. The molecule has 0 aliphatic heterocycles. The summed E-state index contributed by atoms with van der Waals surface area (Å²) in [5.41, 5.74) is 2.73. The quantitative estimate of drug-likeness (QED) is 0.730. The minimum atomic E-state index is 0.850. The van der Waals surface area contributed by atoms with E-state index in [1.54, 1.807) is 0 Å². The highest BCUT2D eigenvalue weighted by Gasteiger charge is 2.19. The van der Waals surface area contributed by atoms with Crippen molar-refractivity contribution in [2.75, 3.05) is 6.54 Å². The summed E-state index contributed by atoms with van der Waals surface area (Å²) in [5, 5.41) is 4.96. The summed E-state index contributed by atoms with van der Waals surface area (Å²) in [6, 6.07) is 9.41. The molecule has 90 valence electrons. The predicted molar refractivity (Wildman–Crippen MR) is 72.3 cm³/mol. The van der Waals surface area contributed by atoms with Crippen LogP contribution in [0.5, 0.6) is 0 Å². The van der Waals surface area contributed by atoms with Crippen molar-refractivity contribution in [1.29, 1.82) is 0 Å². The van der Waals surface area contributed by atoms with E-state index in [0.717, 1.165) is 6.04 Å². The van der Waals surface area contributed by atoms with E-state index in [-0.39, 0.29) is 0 Å². The Balaban J connectivity index is 1.50. The average Bonchev–Trinajstić information content (AvgIpc) is 3.09. The van der Waals surface area contributed by atoms with Crippen LogP contribution >= 0.6 is 0 Å². The van der Waals surface area contributed by atoms with Crippen LogP contribution < -0.4 is 5.32 Å². The van der Waals surface area contributed by atoms with Crippen molar-refractivity contribution in [1.82, 2.24) is 10.3 Å². The summed E-state index contributed by atoms with van der Waals surface area (Å²) in [6.07, 6.45) is 8.71. The number of aromatic amines is 1. The lowest BCUT2D eigenvalue weighted by molar-refractivity contribution is 0.620. The Bertz CT molecular complexity index is 482. The third-order valence-electron chi connectivity index (χ3n) is 3.56. The van der Waals surface area contributed by atoms with E-state index in [4.69, 9.17) is 0 Å². The van der Waals surface area contributed by atoms with Crippen molar-refractivity contribution < 1.29 is 0 Å². The zero-order valence-electron chi connectivity index (χ0n) is 10.2. The van der Waals surface area contributed by atoms with Crippen molar-refractivity contribution in [3.63, 3.8) is 0 Å². The van der Waals surface area contributed by atoms with E-state index < -0.39 is 0 Å². The van der Waals surface area contributed by atoms with Crippen LogP contribution in [0.4, 0.5) is 0 Å². The highest BCUT2D eigenvalue weighted by molar-refractivity contribution is 5.82. The molecule has 0 atom stereocenters. The number of rotatable bonds is 6. The summed E-state index contributed by atoms with van der Waals surface area (Å²) in [7, 11) is 0. The van der Waals surface area contributed by atoms with E-state index in [1.165, 1.54) is 55.1 Å². The molecule has 1 aliphatic rings. The van der Waals surface area contributed by atoms with Gasteiger partial charge in [0.05, 0.1) is 0 Å². The van der Waals surface area contributed by atoms with Crippen LogP contribution in [0.15, 0.2) is 30.5 Å². The summed E-state index contributed by atoms with van der Waals surface area (Å²) in [5.74, 6) is 0. The van der Waals surface area contributed by atoms with Gasteiger partial charge in [0.1, 0.15) is 0 Å². The number of fused-ring (bicyclic) bond motifs is 1. The number of aryl methyl sites for hydroxylation is 1. The number of H-pyrrole nitrogens is 1. The standard InChI is InChI=1S/C15H20N2/c1-2-7-15-14(6-1)12(11-17-15)5-3-4-10-16-13-8-9-13/h1-2,6-7,11,13,16-17H,3-5,8-10H2. The fourth-order valence-corrected chi connectivity index (χ4v) is 2.37. The second kappa shape index (κ2) is 4.92. The van der Waals surface area contributed by atoms with E-state index in [0.29, 0.717) is 0 Å². The second-order valence-corrected chi connectivity index (χ2v) is 5.05. The topological polar surface area (TPSA) is 27.8 Å². The molecule has 3 rings (SSSR count). The molecule has 2 heteroatoms. The zero-order valence-corrected chi connectivity index (χ0v) is 10.2. The van der Waals surface area contributed by atoms with Crippen LogP contribution in [0, 0.1) is 0 Å². The molecule has 2 aromatic rings.